The number of unbranched alkanes of at least 4 members (excludes halogenated alkanes) is 2. The zero-order chi connectivity index (χ0) is 16.3. The lowest BCUT2D eigenvalue weighted by Crippen LogP contribution is -2.39. The highest BCUT2D eigenvalue weighted by Gasteiger charge is 2.14. The Kier molecular flexibility index (Phi) is 7.73. The van der Waals surface area contributed by atoms with Gasteiger partial charge in [0.15, 0.2) is 5.96 Å². The molecule has 1 aliphatic rings. The first kappa shape index (κ1) is 17.6. The summed E-state index contributed by atoms with van der Waals surface area (Å²) in [7, 11) is 1.82. The number of nitrogens with zero attached hydrogens (tertiary/aromatic N) is 2. The van der Waals surface area contributed by atoms with Gasteiger partial charge in [-0.15, -0.1) is 0 Å². The van der Waals surface area contributed by atoms with E-state index in [0.29, 0.717) is 0 Å². The Morgan fingerprint density at radius 1 is 1.17 bits per heavy atom. The van der Waals surface area contributed by atoms with E-state index in [1.54, 1.807) is 0 Å². The van der Waals surface area contributed by atoms with Crippen LogP contribution in [0.3, 0.4) is 0 Å². The molecule has 1 heterocycles. The summed E-state index contributed by atoms with van der Waals surface area (Å²) in [5.41, 5.74) is 2.59. The Balaban J connectivity index is 1.89. The average molecular weight is 318 g/mol. The Labute approximate surface area is 140 Å². The van der Waals surface area contributed by atoms with E-state index in [0.717, 1.165) is 45.4 Å². The maximum atomic E-state index is 5.45. The second-order valence-corrected chi connectivity index (χ2v) is 5.79. The van der Waals surface area contributed by atoms with Crippen molar-refractivity contribution in [3.8, 4) is 0 Å². The summed E-state index contributed by atoms with van der Waals surface area (Å²) in [6.07, 6.45) is 3.67. The number of guanidine groups is 1. The number of aliphatic imine (C=N–C) groups is 1. The first-order valence-electron chi connectivity index (χ1n) is 8.70. The summed E-state index contributed by atoms with van der Waals surface area (Å²) in [6, 6.07) is 8.58. The number of benzene rings is 1. The molecule has 0 aliphatic carbocycles. The maximum Gasteiger partial charge on any atom is 0.191 e. The molecular formula is C18H30N4O. The van der Waals surface area contributed by atoms with E-state index in [1.807, 2.05) is 7.05 Å². The highest BCUT2D eigenvalue weighted by Crippen LogP contribution is 2.21. The number of hydrogen-bond acceptors (Lipinski definition) is 3. The van der Waals surface area contributed by atoms with Crippen molar-refractivity contribution in [3.63, 3.8) is 0 Å². The van der Waals surface area contributed by atoms with E-state index in [2.05, 4.69) is 51.7 Å². The number of nitrogens with one attached hydrogen (secondary N) is 2. The van der Waals surface area contributed by atoms with Gasteiger partial charge in [-0.3, -0.25) is 4.99 Å². The highest BCUT2D eigenvalue weighted by atomic mass is 16.5. The SMILES string of the molecule is CCCCCNC(=NC)NCc1ccccc1N1CCOCC1. The lowest BCUT2D eigenvalue weighted by Gasteiger charge is -2.30. The molecule has 0 aromatic heterocycles. The highest BCUT2D eigenvalue weighted by molar-refractivity contribution is 5.79. The molecule has 0 spiro atoms. The summed E-state index contributed by atoms with van der Waals surface area (Å²) in [4.78, 5) is 6.70. The van der Waals surface area contributed by atoms with Crippen molar-refractivity contribution in [2.45, 2.75) is 32.7 Å². The molecule has 0 amide bonds. The number of hydrogen-bond donors (Lipinski definition) is 2. The largest absolute Gasteiger partial charge is 0.378 e. The molecule has 1 saturated heterocycles. The first-order chi connectivity index (χ1) is 11.3. The Morgan fingerprint density at radius 2 is 1.96 bits per heavy atom. The minimum absolute atomic E-state index is 0.779. The molecule has 1 aliphatic heterocycles. The molecule has 5 heteroatoms. The molecule has 1 fully saturated rings. The summed E-state index contributed by atoms with van der Waals surface area (Å²) in [5.74, 6) is 0.873. The van der Waals surface area contributed by atoms with Gasteiger partial charge in [0.1, 0.15) is 0 Å². The van der Waals surface area contributed by atoms with Crippen molar-refractivity contribution >= 4 is 11.6 Å². The topological polar surface area (TPSA) is 48.9 Å². The summed E-state index contributed by atoms with van der Waals surface area (Å²) in [5, 5.41) is 6.80. The van der Waals surface area contributed by atoms with Gasteiger partial charge in [0.05, 0.1) is 13.2 Å². The third kappa shape index (κ3) is 5.75. The number of morpholine rings is 1. The monoisotopic (exact) mass is 318 g/mol. The minimum Gasteiger partial charge on any atom is -0.378 e. The molecule has 0 radical (unpaired) electrons. The Morgan fingerprint density at radius 3 is 2.70 bits per heavy atom. The van der Waals surface area contributed by atoms with Crippen LogP contribution in [0.2, 0.25) is 0 Å². The Bertz CT molecular complexity index is 484. The molecular weight excluding hydrogens is 288 g/mol. The molecule has 128 valence electrons. The zero-order valence-corrected chi connectivity index (χ0v) is 14.5. The van der Waals surface area contributed by atoms with E-state index >= 15 is 0 Å². The molecule has 1 aromatic carbocycles. The fourth-order valence-corrected chi connectivity index (χ4v) is 2.75. The van der Waals surface area contributed by atoms with Gasteiger partial charge in [0.2, 0.25) is 0 Å². The van der Waals surface area contributed by atoms with Crippen LogP contribution in [0.4, 0.5) is 5.69 Å². The smallest absolute Gasteiger partial charge is 0.191 e. The number of rotatable bonds is 7. The van der Waals surface area contributed by atoms with Crippen LogP contribution in [0.5, 0.6) is 0 Å². The van der Waals surface area contributed by atoms with Gasteiger partial charge in [-0.2, -0.15) is 0 Å². The van der Waals surface area contributed by atoms with E-state index in [1.165, 1.54) is 30.5 Å². The van der Waals surface area contributed by atoms with E-state index < -0.39 is 0 Å². The summed E-state index contributed by atoms with van der Waals surface area (Å²) in [6.45, 7) is 7.50. The normalized spacial score (nSPS) is 15.6. The summed E-state index contributed by atoms with van der Waals surface area (Å²) >= 11 is 0. The second kappa shape index (κ2) is 10.1. The fourth-order valence-electron chi connectivity index (χ4n) is 2.75. The lowest BCUT2D eigenvalue weighted by atomic mass is 10.1. The van der Waals surface area contributed by atoms with Crippen LogP contribution >= 0.6 is 0 Å². The molecule has 23 heavy (non-hydrogen) atoms. The fraction of sp³-hybridized carbons (Fsp3) is 0.611. The van der Waals surface area contributed by atoms with Crippen LogP contribution in [0.15, 0.2) is 29.3 Å². The molecule has 0 bridgehead atoms. The minimum atomic E-state index is 0.779. The number of para-hydroxylation sites is 1. The van der Waals surface area contributed by atoms with Crippen molar-refractivity contribution in [1.82, 2.24) is 10.6 Å². The lowest BCUT2D eigenvalue weighted by molar-refractivity contribution is 0.122. The van der Waals surface area contributed by atoms with Gasteiger partial charge < -0.3 is 20.3 Å². The van der Waals surface area contributed by atoms with Gasteiger partial charge >= 0.3 is 0 Å². The van der Waals surface area contributed by atoms with Crippen molar-refractivity contribution in [2.75, 3.05) is 44.8 Å². The van der Waals surface area contributed by atoms with E-state index in [-0.39, 0.29) is 0 Å². The van der Waals surface area contributed by atoms with Crippen LogP contribution in [0.1, 0.15) is 31.7 Å². The van der Waals surface area contributed by atoms with E-state index in [4.69, 9.17) is 4.74 Å². The number of anilines is 1. The maximum absolute atomic E-state index is 5.45. The molecule has 0 unspecified atom stereocenters. The Hall–Kier alpha value is -1.75. The predicted octanol–water partition coefficient (Wildman–Crippen LogP) is 2.38. The van der Waals surface area contributed by atoms with Gasteiger partial charge in [0, 0.05) is 38.9 Å². The van der Waals surface area contributed by atoms with Crippen molar-refractivity contribution in [3.05, 3.63) is 29.8 Å². The van der Waals surface area contributed by atoms with Crippen molar-refractivity contribution in [2.24, 2.45) is 4.99 Å². The van der Waals surface area contributed by atoms with Crippen LogP contribution in [0, 0.1) is 0 Å². The second-order valence-electron chi connectivity index (χ2n) is 5.79. The first-order valence-corrected chi connectivity index (χ1v) is 8.70. The van der Waals surface area contributed by atoms with Gasteiger partial charge in [-0.25, -0.2) is 0 Å². The van der Waals surface area contributed by atoms with Crippen LogP contribution in [-0.2, 0) is 11.3 Å². The zero-order valence-electron chi connectivity index (χ0n) is 14.5. The molecule has 2 N–H and O–H groups in total. The van der Waals surface area contributed by atoms with Gasteiger partial charge in [-0.05, 0) is 18.1 Å². The molecule has 5 nitrogen and oxygen atoms in total. The van der Waals surface area contributed by atoms with Crippen LogP contribution in [-0.4, -0.2) is 45.9 Å². The quantitative estimate of drug-likeness (QED) is 0.460. The van der Waals surface area contributed by atoms with Crippen molar-refractivity contribution in [1.29, 1.82) is 0 Å². The average Bonchev–Trinajstić information content (AvgIpc) is 2.62. The van der Waals surface area contributed by atoms with Gasteiger partial charge in [0.25, 0.3) is 0 Å². The van der Waals surface area contributed by atoms with Crippen LogP contribution in [0.25, 0.3) is 0 Å². The molecule has 1 aromatic rings. The molecule has 2 rings (SSSR count). The van der Waals surface area contributed by atoms with Gasteiger partial charge in [-0.1, -0.05) is 38.0 Å². The third-order valence-corrected chi connectivity index (χ3v) is 4.09. The standard InChI is InChI=1S/C18H30N4O/c1-3-4-7-10-20-18(19-2)21-15-16-8-5-6-9-17(16)22-11-13-23-14-12-22/h5-6,8-9H,3-4,7,10-15H2,1-2H3,(H2,19,20,21). The number of ether oxygens (including phenoxy) is 1. The molecule has 0 atom stereocenters. The van der Waals surface area contributed by atoms with Crippen LogP contribution < -0.4 is 15.5 Å². The summed E-state index contributed by atoms with van der Waals surface area (Å²) < 4.78 is 5.45. The predicted molar refractivity (Wildman–Crippen MR) is 97.2 cm³/mol. The third-order valence-electron chi connectivity index (χ3n) is 4.09. The molecule has 0 saturated carbocycles. The van der Waals surface area contributed by atoms with E-state index in [9.17, 15) is 0 Å². The van der Waals surface area contributed by atoms with Crippen molar-refractivity contribution < 1.29 is 4.74 Å².